The van der Waals surface area contributed by atoms with Gasteiger partial charge in [-0.05, 0) is 53.0 Å². The molecule has 3 aromatic carbocycles. The Balaban J connectivity index is 1.51. The quantitative estimate of drug-likeness (QED) is 0.258. The number of anilines is 1. The largest absolute Gasteiger partial charge is 0.343 e. The van der Waals surface area contributed by atoms with E-state index < -0.39 is 0 Å². The summed E-state index contributed by atoms with van der Waals surface area (Å²) in [5.41, 5.74) is 8.33. The molecule has 4 nitrogen and oxygen atoms in total. The van der Waals surface area contributed by atoms with Crippen molar-refractivity contribution in [2.45, 2.75) is 70.6 Å². The van der Waals surface area contributed by atoms with E-state index in [1.165, 1.54) is 51.7 Å². The molecule has 0 aliphatic heterocycles. The third-order valence-corrected chi connectivity index (χ3v) is 8.44. The van der Waals surface area contributed by atoms with Crippen molar-refractivity contribution in [2.75, 3.05) is 11.9 Å². The highest BCUT2D eigenvalue weighted by Gasteiger charge is 2.40. The lowest BCUT2D eigenvalue weighted by Gasteiger charge is -2.31. The normalized spacial score (nSPS) is 14.9. The van der Waals surface area contributed by atoms with E-state index >= 15 is 0 Å². The molecule has 0 saturated heterocycles. The molecule has 1 fully saturated rings. The van der Waals surface area contributed by atoms with Crippen LogP contribution in [-0.2, 0) is 12.5 Å². The maximum Gasteiger partial charge on any atom is 0.319 e. The Bertz CT molecular complexity index is 1400. The molecule has 0 radical (unpaired) electrons. The summed E-state index contributed by atoms with van der Waals surface area (Å²) in [6.45, 7) is 9.35. The predicted molar refractivity (Wildman–Crippen MR) is 160 cm³/mol. The number of hydrogen-bond donors (Lipinski definition) is 2. The highest BCUT2D eigenvalue weighted by molar-refractivity contribution is 5.94. The molecule has 1 aliphatic rings. The number of para-hydroxylation sites is 2. The summed E-state index contributed by atoms with van der Waals surface area (Å²) in [7, 11) is 2.17. The lowest BCUT2D eigenvalue weighted by Crippen LogP contribution is -2.41. The zero-order valence-electron chi connectivity index (χ0n) is 23.5. The number of amides is 2. The second kappa shape index (κ2) is 10.7. The standard InChI is InChI=1S/C34H41N3O/c1-23(2)26-17-13-18-27(24(3)4)31(26)36-33(38)35-22-34(20-11-12-21-34)30-28-16-9-10-19-29(28)37(5)32(30)25-14-7-6-8-15-25/h6-10,13-19,23-24H,11-12,20-22H2,1-5H3,(H2,35,36,38). The highest BCUT2D eigenvalue weighted by atomic mass is 16.2. The number of nitrogens with one attached hydrogen (secondary N) is 2. The summed E-state index contributed by atoms with van der Waals surface area (Å²) in [6, 6.07) is 25.7. The number of hydrogen-bond acceptors (Lipinski definition) is 1. The second-order valence-corrected chi connectivity index (χ2v) is 11.6. The van der Waals surface area contributed by atoms with Crippen molar-refractivity contribution in [2.24, 2.45) is 7.05 Å². The number of fused-ring (bicyclic) bond motifs is 1. The van der Waals surface area contributed by atoms with Crippen LogP contribution < -0.4 is 10.6 Å². The number of aryl methyl sites for hydroxylation is 1. The van der Waals surface area contributed by atoms with Crippen LogP contribution in [0.5, 0.6) is 0 Å². The van der Waals surface area contributed by atoms with Gasteiger partial charge in [0.15, 0.2) is 0 Å². The molecular weight excluding hydrogens is 466 g/mol. The first kappa shape index (κ1) is 26.1. The molecule has 0 spiro atoms. The van der Waals surface area contributed by atoms with Gasteiger partial charge in [0.1, 0.15) is 0 Å². The molecule has 1 saturated carbocycles. The van der Waals surface area contributed by atoms with Crippen molar-refractivity contribution in [3.8, 4) is 11.3 Å². The molecule has 0 atom stereocenters. The van der Waals surface area contributed by atoms with E-state index in [2.05, 4.69) is 123 Å². The number of urea groups is 1. The Morgan fingerprint density at radius 3 is 2.08 bits per heavy atom. The van der Waals surface area contributed by atoms with E-state index in [4.69, 9.17) is 0 Å². The Labute approximate surface area is 227 Å². The summed E-state index contributed by atoms with van der Waals surface area (Å²) in [5.74, 6) is 0.656. The highest BCUT2D eigenvalue weighted by Crippen LogP contribution is 2.48. The van der Waals surface area contributed by atoms with Gasteiger partial charge in [0.2, 0.25) is 0 Å². The third kappa shape index (κ3) is 4.73. The average Bonchev–Trinajstić information content (AvgIpc) is 3.51. The molecule has 1 aromatic heterocycles. The van der Waals surface area contributed by atoms with Gasteiger partial charge < -0.3 is 15.2 Å². The first-order valence-corrected chi connectivity index (χ1v) is 14.1. The second-order valence-electron chi connectivity index (χ2n) is 11.6. The summed E-state index contributed by atoms with van der Waals surface area (Å²) in [6.07, 6.45) is 4.49. The number of nitrogens with zero attached hydrogens (tertiary/aromatic N) is 1. The van der Waals surface area contributed by atoms with Crippen LogP contribution in [0, 0.1) is 0 Å². The molecule has 2 N–H and O–H groups in total. The van der Waals surface area contributed by atoms with Gasteiger partial charge in [0.25, 0.3) is 0 Å². The summed E-state index contributed by atoms with van der Waals surface area (Å²) < 4.78 is 2.34. The van der Waals surface area contributed by atoms with Crippen LogP contribution in [0.3, 0.4) is 0 Å². The third-order valence-electron chi connectivity index (χ3n) is 8.44. The Kier molecular flexibility index (Phi) is 7.34. The van der Waals surface area contributed by atoms with Crippen LogP contribution in [0.2, 0.25) is 0 Å². The molecule has 4 aromatic rings. The first-order valence-electron chi connectivity index (χ1n) is 14.1. The molecular formula is C34H41N3O. The van der Waals surface area contributed by atoms with E-state index in [0.717, 1.165) is 18.5 Å². The van der Waals surface area contributed by atoms with E-state index in [0.29, 0.717) is 18.4 Å². The Hall–Kier alpha value is -3.53. The van der Waals surface area contributed by atoms with E-state index in [-0.39, 0.29) is 11.4 Å². The van der Waals surface area contributed by atoms with Gasteiger partial charge in [-0.15, -0.1) is 0 Å². The zero-order valence-corrected chi connectivity index (χ0v) is 23.5. The van der Waals surface area contributed by atoms with Gasteiger partial charge in [-0.2, -0.15) is 0 Å². The van der Waals surface area contributed by atoms with E-state index in [1.807, 2.05) is 0 Å². The zero-order chi connectivity index (χ0) is 26.9. The van der Waals surface area contributed by atoms with Crippen LogP contribution in [0.25, 0.3) is 22.2 Å². The van der Waals surface area contributed by atoms with Crippen molar-refractivity contribution in [3.05, 3.63) is 89.5 Å². The fourth-order valence-corrected chi connectivity index (χ4v) is 6.53. The molecule has 1 aliphatic carbocycles. The maximum absolute atomic E-state index is 13.5. The fraction of sp³-hybridized carbons (Fsp3) is 0.382. The monoisotopic (exact) mass is 507 g/mol. The topological polar surface area (TPSA) is 46.1 Å². The van der Waals surface area contributed by atoms with Crippen molar-refractivity contribution >= 4 is 22.6 Å². The van der Waals surface area contributed by atoms with E-state index in [9.17, 15) is 4.79 Å². The molecule has 5 rings (SSSR count). The predicted octanol–water partition coefficient (Wildman–Crippen LogP) is 8.73. The average molecular weight is 508 g/mol. The Morgan fingerprint density at radius 1 is 0.842 bits per heavy atom. The number of carbonyl (C=O) groups excluding carboxylic acids is 1. The summed E-state index contributed by atoms with van der Waals surface area (Å²) in [4.78, 5) is 13.5. The number of rotatable bonds is 7. The Morgan fingerprint density at radius 2 is 1.45 bits per heavy atom. The minimum Gasteiger partial charge on any atom is -0.343 e. The SMILES string of the molecule is CC(C)c1cccc(C(C)C)c1NC(=O)NCC1(c2c(-c3ccccc3)n(C)c3ccccc23)CCCC1. The molecule has 1 heterocycles. The van der Waals surface area contributed by atoms with Gasteiger partial charge in [-0.1, -0.05) is 107 Å². The lowest BCUT2D eigenvalue weighted by atomic mass is 9.76. The first-order chi connectivity index (χ1) is 18.3. The smallest absolute Gasteiger partial charge is 0.319 e. The molecule has 0 bridgehead atoms. The van der Waals surface area contributed by atoms with Gasteiger partial charge in [0.05, 0.1) is 5.69 Å². The van der Waals surface area contributed by atoms with Crippen molar-refractivity contribution in [3.63, 3.8) is 0 Å². The molecule has 4 heteroatoms. The minimum atomic E-state index is -0.118. The van der Waals surface area contributed by atoms with Gasteiger partial charge in [-0.3, -0.25) is 0 Å². The van der Waals surface area contributed by atoms with Gasteiger partial charge in [-0.25, -0.2) is 4.79 Å². The fourth-order valence-electron chi connectivity index (χ4n) is 6.53. The number of aromatic nitrogens is 1. The van der Waals surface area contributed by atoms with Gasteiger partial charge in [0, 0.05) is 35.6 Å². The van der Waals surface area contributed by atoms with Crippen LogP contribution in [0.4, 0.5) is 10.5 Å². The van der Waals surface area contributed by atoms with Crippen LogP contribution in [-0.4, -0.2) is 17.1 Å². The summed E-state index contributed by atoms with van der Waals surface area (Å²) >= 11 is 0. The van der Waals surface area contributed by atoms with Crippen LogP contribution in [0.1, 0.15) is 81.9 Å². The molecule has 198 valence electrons. The van der Waals surface area contributed by atoms with Crippen molar-refractivity contribution < 1.29 is 4.79 Å². The molecule has 38 heavy (non-hydrogen) atoms. The summed E-state index contributed by atoms with van der Waals surface area (Å²) in [5, 5.41) is 7.90. The van der Waals surface area contributed by atoms with E-state index in [1.54, 1.807) is 0 Å². The minimum absolute atomic E-state index is 0.109. The van der Waals surface area contributed by atoms with Crippen molar-refractivity contribution in [1.82, 2.24) is 9.88 Å². The number of benzene rings is 3. The van der Waals surface area contributed by atoms with Crippen molar-refractivity contribution in [1.29, 1.82) is 0 Å². The lowest BCUT2D eigenvalue weighted by molar-refractivity contribution is 0.248. The maximum atomic E-state index is 13.5. The van der Waals surface area contributed by atoms with Crippen LogP contribution in [0.15, 0.2) is 72.8 Å². The molecule has 0 unspecified atom stereocenters. The van der Waals surface area contributed by atoms with Gasteiger partial charge >= 0.3 is 6.03 Å². The molecule has 2 amide bonds. The van der Waals surface area contributed by atoms with Crippen LogP contribution >= 0.6 is 0 Å². The number of carbonyl (C=O) groups is 1.